The van der Waals surface area contributed by atoms with Crippen LogP contribution in [0.1, 0.15) is 84.4 Å². The number of anilines is 1. The van der Waals surface area contributed by atoms with Gasteiger partial charge < -0.3 is 15.0 Å². The maximum Gasteiger partial charge on any atom is 0.410 e. The molecule has 0 saturated heterocycles. The van der Waals surface area contributed by atoms with Gasteiger partial charge >= 0.3 is 6.09 Å². The van der Waals surface area contributed by atoms with E-state index in [1.54, 1.807) is 0 Å². The van der Waals surface area contributed by atoms with Gasteiger partial charge in [-0.15, -0.1) is 0 Å². The Kier molecular flexibility index (Phi) is 8.97. The lowest BCUT2D eigenvalue weighted by molar-refractivity contribution is 0.0170. The molecule has 1 atom stereocenters. The fourth-order valence-corrected chi connectivity index (χ4v) is 2.76. The lowest BCUT2D eigenvalue weighted by atomic mass is 10.0. The summed E-state index contributed by atoms with van der Waals surface area (Å²) in [7, 11) is 0. The molecule has 1 rings (SSSR count). The highest BCUT2D eigenvalue weighted by atomic mass is 16.6. The van der Waals surface area contributed by atoms with Gasteiger partial charge in [0.1, 0.15) is 5.60 Å². The van der Waals surface area contributed by atoms with Crippen molar-refractivity contribution in [2.24, 2.45) is 0 Å². The van der Waals surface area contributed by atoms with Gasteiger partial charge in [0.05, 0.1) is 6.04 Å². The quantitative estimate of drug-likeness (QED) is 0.524. The Morgan fingerprint density at radius 3 is 2.42 bits per heavy atom. The number of ether oxygens (including phenoxy) is 1. The smallest absolute Gasteiger partial charge is 0.410 e. The van der Waals surface area contributed by atoms with Crippen LogP contribution in [0.4, 0.5) is 10.5 Å². The number of hydrogen-bond donors (Lipinski definition) is 1. The zero-order valence-corrected chi connectivity index (χ0v) is 17.8. The van der Waals surface area contributed by atoms with Gasteiger partial charge in [-0.3, -0.25) is 0 Å². The normalized spacial score (nSPS) is 12.6. The van der Waals surface area contributed by atoms with Crippen LogP contribution in [0.3, 0.4) is 0 Å². The number of carbonyl (C=O) groups is 1. The van der Waals surface area contributed by atoms with Gasteiger partial charge in [0.2, 0.25) is 0 Å². The first-order valence-corrected chi connectivity index (χ1v) is 10.0. The van der Waals surface area contributed by atoms with E-state index in [0.29, 0.717) is 6.54 Å². The molecule has 4 heteroatoms. The van der Waals surface area contributed by atoms with Crippen molar-refractivity contribution in [2.75, 3.05) is 18.4 Å². The van der Waals surface area contributed by atoms with Gasteiger partial charge in [0.25, 0.3) is 0 Å². The molecule has 148 valence electrons. The van der Waals surface area contributed by atoms with Crippen LogP contribution in [-0.4, -0.2) is 29.7 Å². The molecular formula is C22H38N2O2. The lowest BCUT2D eigenvalue weighted by Crippen LogP contribution is -2.39. The number of hydrogen-bond acceptors (Lipinski definition) is 3. The molecular weight excluding hydrogens is 324 g/mol. The Labute approximate surface area is 160 Å². The summed E-state index contributed by atoms with van der Waals surface area (Å²) in [5, 5.41) is 3.52. The maximum absolute atomic E-state index is 12.7. The van der Waals surface area contributed by atoms with E-state index in [4.69, 9.17) is 4.74 Å². The predicted molar refractivity (Wildman–Crippen MR) is 111 cm³/mol. The zero-order chi connectivity index (χ0) is 19.7. The second kappa shape index (κ2) is 10.4. The molecule has 0 aliphatic heterocycles. The summed E-state index contributed by atoms with van der Waals surface area (Å²) in [5.74, 6) is 0. The summed E-state index contributed by atoms with van der Waals surface area (Å²) < 4.78 is 5.64. The average Bonchev–Trinajstić information content (AvgIpc) is 2.55. The first kappa shape index (κ1) is 22.3. The molecule has 0 heterocycles. The number of nitrogens with one attached hydrogen (secondary N) is 1. The second-order valence-corrected chi connectivity index (χ2v) is 8.06. The molecule has 1 aromatic carbocycles. The molecule has 1 aromatic rings. The minimum atomic E-state index is -0.485. The van der Waals surface area contributed by atoms with Crippen molar-refractivity contribution in [1.82, 2.24) is 4.90 Å². The fraction of sp³-hybridized carbons (Fsp3) is 0.682. The number of benzene rings is 1. The Balaban J connectivity index is 3.00. The molecule has 0 radical (unpaired) electrons. The molecule has 0 aliphatic carbocycles. The third-order valence-electron chi connectivity index (χ3n) is 4.44. The molecule has 1 amide bonds. The first-order valence-electron chi connectivity index (χ1n) is 10.0. The highest BCUT2D eigenvalue weighted by Gasteiger charge is 2.26. The van der Waals surface area contributed by atoms with Crippen molar-refractivity contribution in [3.8, 4) is 0 Å². The van der Waals surface area contributed by atoms with Gasteiger partial charge in [0.15, 0.2) is 0 Å². The molecule has 1 N–H and O–H groups in total. The third-order valence-corrected chi connectivity index (χ3v) is 4.44. The Morgan fingerprint density at radius 2 is 1.85 bits per heavy atom. The SMILES string of the molecule is CCCCNc1cc([C@H](C)N(CCCC)C(=O)OC(C)(C)C)ccc1C. The molecule has 0 unspecified atom stereocenters. The minimum absolute atomic E-state index is 0.0243. The molecule has 26 heavy (non-hydrogen) atoms. The number of amides is 1. The largest absolute Gasteiger partial charge is 0.444 e. The molecule has 0 aromatic heterocycles. The van der Waals surface area contributed by atoms with Crippen molar-refractivity contribution in [3.63, 3.8) is 0 Å². The summed E-state index contributed by atoms with van der Waals surface area (Å²) in [6.45, 7) is 15.9. The summed E-state index contributed by atoms with van der Waals surface area (Å²) in [4.78, 5) is 14.6. The zero-order valence-electron chi connectivity index (χ0n) is 17.8. The van der Waals surface area contributed by atoms with Crippen molar-refractivity contribution < 1.29 is 9.53 Å². The van der Waals surface area contributed by atoms with E-state index in [-0.39, 0.29) is 12.1 Å². The van der Waals surface area contributed by atoms with Crippen LogP contribution in [0, 0.1) is 6.92 Å². The molecule has 4 nitrogen and oxygen atoms in total. The van der Waals surface area contributed by atoms with Crippen molar-refractivity contribution in [3.05, 3.63) is 29.3 Å². The Morgan fingerprint density at radius 1 is 1.19 bits per heavy atom. The van der Waals surface area contributed by atoms with Gasteiger partial charge in [-0.2, -0.15) is 0 Å². The minimum Gasteiger partial charge on any atom is -0.444 e. The topological polar surface area (TPSA) is 41.6 Å². The summed E-state index contributed by atoms with van der Waals surface area (Å²) in [6.07, 6.45) is 4.10. The number of nitrogens with zero attached hydrogens (tertiary/aromatic N) is 1. The molecule has 0 fully saturated rings. The van der Waals surface area contributed by atoms with Crippen LogP contribution < -0.4 is 5.32 Å². The Bertz CT molecular complexity index is 564. The Hall–Kier alpha value is -1.71. The van der Waals surface area contributed by atoms with Crippen molar-refractivity contribution in [1.29, 1.82) is 0 Å². The van der Waals surface area contributed by atoms with E-state index in [9.17, 15) is 4.79 Å². The van der Waals surface area contributed by atoms with Crippen LogP contribution >= 0.6 is 0 Å². The standard InChI is InChI=1S/C22H38N2O2/c1-8-10-14-23-20-16-19(13-12-17(20)3)18(4)24(15-11-9-2)21(25)26-22(5,6)7/h12-13,16,18,23H,8-11,14-15H2,1-7H3/t18-/m0/s1. The van der Waals surface area contributed by atoms with Gasteiger partial charge in [0, 0.05) is 18.8 Å². The second-order valence-electron chi connectivity index (χ2n) is 8.06. The monoisotopic (exact) mass is 362 g/mol. The van der Waals surface area contributed by atoms with E-state index in [1.165, 1.54) is 12.0 Å². The van der Waals surface area contributed by atoms with E-state index < -0.39 is 5.60 Å². The van der Waals surface area contributed by atoms with Crippen LogP contribution in [0.5, 0.6) is 0 Å². The predicted octanol–water partition coefficient (Wildman–Crippen LogP) is 6.31. The molecule has 0 aliphatic rings. The maximum atomic E-state index is 12.7. The fourth-order valence-electron chi connectivity index (χ4n) is 2.76. The van der Waals surface area contributed by atoms with Crippen LogP contribution in [0.15, 0.2) is 18.2 Å². The van der Waals surface area contributed by atoms with E-state index in [0.717, 1.165) is 37.1 Å². The first-order chi connectivity index (χ1) is 12.2. The van der Waals surface area contributed by atoms with Crippen LogP contribution in [-0.2, 0) is 4.74 Å². The van der Waals surface area contributed by atoms with Gasteiger partial charge in [-0.05, 0) is 64.7 Å². The van der Waals surface area contributed by atoms with E-state index >= 15 is 0 Å². The summed E-state index contributed by atoms with van der Waals surface area (Å²) in [5.41, 5.74) is 3.04. The highest BCUT2D eigenvalue weighted by molar-refractivity contribution is 5.69. The highest BCUT2D eigenvalue weighted by Crippen LogP contribution is 2.27. The summed E-state index contributed by atoms with van der Waals surface area (Å²) >= 11 is 0. The third kappa shape index (κ3) is 7.27. The number of rotatable bonds is 9. The molecule has 0 spiro atoms. The summed E-state index contributed by atoms with van der Waals surface area (Å²) in [6, 6.07) is 6.41. The van der Waals surface area contributed by atoms with Crippen molar-refractivity contribution in [2.45, 2.75) is 85.8 Å². The van der Waals surface area contributed by atoms with Gasteiger partial charge in [-0.25, -0.2) is 4.79 Å². The van der Waals surface area contributed by atoms with E-state index in [2.05, 4.69) is 51.2 Å². The van der Waals surface area contributed by atoms with Crippen LogP contribution in [0.25, 0.3) is 0 Å². The van der Waals surface area contributed by atoms with Crippen LogP contribution in [0.2, 0.25) is 0 Å². The lowest BCUT2D eigenvalue weighted by Gasteiger charge is -2.32. The average molecular weight is 363 g/mol. The molecule has 0 saturated carbocycles. The van der Waals surface area contributed by atoms with Crippen molar-refractivity contribution >= 4 is 11.8 Å². The number of carbonyl (C=O) groups excluding carboxylic acids is 1. The van der Waals surface area contributed by atoms with Gasteiger partial charge in [-0.1, -0.05) is 38.8 Å². The number of aryl methyl sites for hydroxylation is 1. The van der Waals surface area contributed by atoms with E-state index in [1.807, 2.05) is 25.7 Å². The molecule has 0 bridgehead atoms. The number of unbranched alkanes of at least 4 members (excludes halogenated alkanes) is 2.